The Morgan fingerprint density at radius 3 is 2.41 bits per heavy atom. The van der Waals surface area contributed by atoms with E-state index in [1.54, 1.807) is 17.7 Å². The summed E-state index contributed by atoms with van der Waals surface area (Å²) in [6, 6.07) is 19.3. The molecule has 0 spiro atoms. The van der Waals surface area contributed by atoms with Crippen LogP contribution >= 0.6 is 0 Å². The maximum absolute atomic E-state index is 13.6. The molecular weight excluding hydrogens is 492 g/mol. The second-order valence-electron chi connectivity index (χ2n) is 9.39. The van der Waals surface area contributed by atoms with Crippen LogP contribution in [-0.2, 0) is 14.3 Å². The average molecular weight is 525 g/mol. The van der Waals surface area contributed by atoms with E-state index >= 15 is 0 Å². The van der Waals surface area contributed by atoms with Gasteiger partial charge in [-0.2, -0.15) is 10.4 Å². The fourth-order valence-electron chi connectivity index (χ4n) is 4.35. The van der Waals surface area contributed by atoms with E-state index in [0.29, 0.717) is 36.5 Å². The largest absolute Gasteiger partial charge is 0.491 e. The third-order valence-corrected chi connectivity index (χ3v) is 6.26. The molecule has 0 fully saturated rings. The molecular formula is C31H32N4O4. The first-order valence-corrected chi connectivity index (χ1v) is 13.0. The molecule has 0 aliphatic carbocycles. The fraction of sp³-hybridized carbons (Fsp3) is 0.290. The molecule has 8 nitrogen and oxygen atoms in total. The summed E-state index contributed by atoms with van der Waals surface area (Å²) >= 11 is 0. The lowest BCUT2D eigenvalue weighted by molar-refractivity contribution is -0.140. The van der Waals surface area contributed by atoms with Crippen molar-refractivity contribution >= 4 is 17.9 Å². The molecule has 1 aromatic heterocycles. The van der Waals surface area contributed by atoms with E-state index in [0.717, 1.165) is 21.9 Å². The van der Waals surface area contributed by atoms with Crippen molar-refractivity contribution in [3.05, 3.63) is 83.1 Å². The first kappa shape index (κ1) is 27.6. The molecule has 2 heterocycles. The summed E-state index contributed by atoms with van der Waals surface area (Å²) in [6.07, 6.45) is 4.10. The Bertz CT molecular complexity index is 1440. The zero-order valence-corrected chi connectivity index (χ0v) is 22.7. The Labute approximate surface area is 228 Å². The van der Waals surface area contributed by atoms with Gasteiger partial charge in [-0.15, -0.1) is 0 Å². The molecule has 0 radical (unpaired) electrons. The van der Waals surface area contributed by atoms with Crippen LogP contribution in [0.3, 0.4) is 0 Å². The molecule has 8 heteroatoms. The maximum Gasteiger partial charge on any atom is 0.271 e. The van der Waals surface area contributed by atoms with E-state index in [1.807, 2.05) is 87.6 Å². The topological polar surface area (TPSA) is 97.5 Å². The maximum atomic E-state index is 13.6. The van der Waals surface area contributed by atoms with Crippen molar-refractivity contribution in [3.8, 4) is 28.8 Å². The van der Waals surface area contributed by atoms with Gasteiger partial charge in [-0.1, -0.05) is 18.2 Å². The van der Waals surface area contributed by atoms with E-state index in [9.17, 15) is 14.9 Å². The van der Waals surface area contributed by atoms with Gasteiger partial charge in [-0.25, -0.2) is 4.68 Å². The summed E-state index contributed by atoms with van der Waals surface area (Å²) < 4.78 is 12.9. The van der Waals surface area contributed by atoms with Gasteiger partial charge in [0.2, 0.25) is 0 Å². The molecule has 1 aliphatic rings. The van der Waals surface area contributed by atoms with Crippen LogP contribution in [0.25, 0.3) is 23.0 Å². The Morgan fingerprint density at radius 2 is 1.77 bits per heavy atom. The van der Waals surface area contributed by atoms with Crippen LogP contribution in [0.15, 0.2) is 77.5 Å². The molecule has 0 atom stereocenters. The van der Waals surface area contributed by atoms with E-state index < -0.39 is 11.8 Å². The quantitative estimate of drug-likeness (QED) is 0.202. The lowest BCUT2D eigenvalue weighted by Gasteiger charge is -2.27. The van der Waals surface area contributed by atoms with Crippen molar-refractivity contribution in [1.82, 2.24) is 14.7 Å². The number of benzene rings is 2. The first-order chi connectivity index (χ1) is 18.8. The van der Waals surface area contributed by atoms with Gasteiger partial charge in [0.25, 0.3) is 11.8 Å². The van der Waals surface area contributed by atoms with Crippen LogP contribution in [0.1, 0.15) is 39.7 Å². The van der Waals surface area contributed by atoms with E-state index in [2.05, 4.69) is 0 Å². The van der Waals surface area contributed by atoms with Crippen LogP contribution in [0.4, 0.5) is 0 Å². The van der Waals surface area contributed by atoms with Gasteiger partial charge in [-0.05, 0) is 82.2 Å². The number of hydrogen-bond acceptors (Lipinski definition) is 6. The number of ether oxygens (including phenoxy) is 2. The van der Waals surface area contributed by atoms with Crippen molar-refractivity contribution in [2.45, 2.75) is 40.2 Å². The third kappa shape index (κ3) is 6.16. The Balaban J connectivity index is 1.80. The SMILES string of the molecule is CCOCCCN1C(=O)C(C#N)=C(C)/C(=C\c2cn(-c3ccccc3)nc2-c2ccc(OC(C)C)cc2)C1=O. The van der Waals surface area contributed by atoms with Gasteiger partial charge in [0.05, 0.1) is 17.5 Å². The summed E-state index contributed by atoms with van der Waals surface area (Å²) in [4.78, 5) is 27.6. The summed E-state index contributed by atoms with van der Waals surface area (Å²) in [6.45, 7) is 8.60. The van der Waals surface area contributed by atoms with Gasteiger partial charge in [0.15, 0.2) is 0 Å². The van der Waals surface area contributed by atoms with Crippen LogP contribution in [0, 0.1) is 11.3 Å². The molecule has 2 aromatic carbocycles. The first-order valence-electron chi connectivity index (χ1n) is 13.0. The Hall–Kier alpha value is -4.48. The molecule has 2 amide bonds. The highest BCUT2D eigenvalue weighted by Gasteiger charge is 2.35. The minimum absolute atomic E-state index is 0.0375. The van der Waals surface area contributed by atoms with Crippen LogP contribution in [0.2, 0.25) is 0 Å². The van der Waals surface area contributed by atoms with Crippen molar-refractivity contribution in [3.63, 3.8) is 0 Å². The number of nitriles is 1. The molecule has 3 aromatic rings. The second kappa shape index (κ2) is 12.4. The van der Waals surface area contributed by atoms with Crippen LogP contribution in [0.5, 0.6) is 5.75 Å². The van der Waals surface area contributed by atoms with Crippen molar-refractivity contribution in [1.29, 1.82) is 5.26 Å². The standard InChI is InChI=1S/C31H32N4O4/c1-5-38-17-9-16-34-30(36)27(22(4)28(19-32)31(34)37)18-24-20-35(25-10-7-6-8-11-25)33-29(24)23-12-14-26(15-13-23)39-21(2)3/h6-8,10-15,18,20-21H,5,9,16-17H2,1-4H3/b27-18+. The normalized spacial score (nSPS) is 14.9. The predicted molar refractivity (Wildman–Crippen MR) is 149 cm³/mol. The third-order valence-electron chi connectivity index (χ3n) is 6.26. The van der Waals surface area contributed by atoms with Gasteiger partial charge in [0, 0.05) is 42.7 Å². The molecule has 0 bridgehead atoms. The number of carbonyl (C=O) groups excluding carboxylic acids is 2. The van der Waals surface area contributed by atoms with E-state index in [-0.39, 0.29) is 23.8 Å². The monoisotopic (exact) mass is 524 g/mol. The summed E-state index contributed by atoms with van der Waals surface area (Å²) in [7, 11) is 0. The fourth-order valence-corrected chi connectivity index (χ4v) is 4.35. The van der Waals surface area contributed by atoms with E-state index in [4.69, 9.17) is 14.6 Å². The molecule has 0 saturated carbocycles. The number of hydrogen-bond donors (Lipinski definition) is 0. The highest BCUT2D eigenvalue weighted by Crippen LogP contribution is 2.32. The summed E-state index contributed by atoms with van der Waals surface area (Å²) in [5.41, 5.74) is 3.63. The van der Waals surface area contributed by atoms with Crippen molar-refractivity contribution in [2.24, 2.45) is 0 Å². The minimum Gasteiger partial charge on any atom is -0.491 e. The highest BCUT2D eigenvalue weighted by molar-refractivity contribution is 6.19. The van der Waals surface area contributed by atoms with Gasteiger partial charge in [-0.3, -0.25) is 14.5 Å². The van der Waals surface area contributed by atoms with Crippen LogP contribution < -0.4 is 4.74 Å². The number of carbonyl (C=O) groups is 2. The van der Waals surface area contributed by atoms with Gasteiger partial charge < -0.3 is 9.47 Å². The van der Waals surface area contributed by atoms with E-state index in [1.165, 1.54) is 0 Å². The summed E-state index contributed by atoms with van der Waals surface area (Å²) in [5.74, 6) is -0.265. The molecule has 1 aliphatic heterocycles. The molecule has 4 rings (SSSR count). The molecule has 0 saturated heterocycles. The number of amides is 2. The number of nitrogens with zero attached hydrogens (tertiary/aromatic N) is 4. The van der Waals surface area contributed by atoms with Crippen molar-refractivity contribution < 1.29 is 19.1 Å². The average Bonchev–Trinajstić information content (AvgIpc) is 3.35. The molecule has 0 unspecified atom stereocenters. The lowest BCUT2D eigenvalue weighted by atomic mass is 9.93. The predicted octanol–water partition coefficient (Wildman–Crippen LogP) is 5.35. The molecule has 0 N–H and O–H groups in total. The number of imide groups is 1. The van der Waals surface area contributed by atoms with Gasteiger partial charge in [0.1, 0.15) is 17.4 Å². The number of para-hydroxylation sites is 1. The number of rotatable bonds is 10. The van der Waals surface area contributed by atoms with Crippen LogP contribution in [-0.4, -0.2) is 52.4 Å². The zero-order chi connectivity index (χ0) is 27.9. The molecule has 200 valence electrons. The summed E-state index contributed by atoms with van der Waals surface area (Å²) in [5, 5.41) is 14.6. The van der Waals surface area contributed by atoms with Crippen molar-refractivity contribution in [2.75, 3.05) is 19.8 Å². The smallest absolute Gasteiger partial charge is 0.271 e. The molecule has 39 heavy (non-hydrogen) atoms. The second-order valence-corrected chi connectivity index (χ2v) is 9.39. The Kier molecular flexibility index (Phi) is 8.74. The Morgan fingerprint density at radius 1 is 1.05 bits per heavy atom. The minimum atomic E-state index is -0.574. The lowest BCUT2D eigenvalue weighted by Crippen LogP contribution is -2.43. The highest BCUT2D eigenvalue weighted by atomic mass is 16.5. The van der Waals surface area contributed by atoms with Gasteiger partial charge >= 0.3 is 0 Å². The number of aromatic nitrogens is 2. The zero-order valence-electron chi connectivity index (χ0n) is 22.7.